The minimum Gasteiger partial charge on any atom is -0.383 e. The zero-order valence-corrected chi connectivity index (χ0v) is 13.7. The minimum absolute atomic E-state index is 0.0495. The Morgan fingerprint density at radius 3 is 2.68 bits per heavy atom. The summed E-state index contributed by atoms with van der Waals surface area (Å²) in [5, 5.41) is 6.84. The Morgan fingerprint density at radius 1 is 1.41 bits per heavy atom. The maximum atomic E-state index is 11.9. The number of aryl methyl sites for hydroxylation is 1. The highest BCUT2D eigenvalue weighted by molar-refractivity contribution is 5.78. The Bertz CT molecular complexity index is 469. The lowest BCUT2D eigenvalue weighted by molar-refractivity contribution is -0.123. The molecule has 1 aromatic heterocycles. The zero-order chi connectivity index (χ0) is 15.9. The van der Waals surface area contributed by atoms with Crippen molar-refractivity contribution in [3.8, 4) is 0 Å². The van der Waals surface area contributed by atoms with Crippen LogP contribution in [0, 0.1) is 6.92 Å². The molecule has 7 nitrogen and oxygen atoms in total. The first-order valence-corrected chi connectivity index (χ1v) is 7.72. The van der Waals surface area contributed by atoms with Crippen molar-refractivity contribution in [3.05, 3.63) is 17.5 Å². The smallest absolute Gasteiger partial charge is 0.234 e. The van der Waals surface area contributed by atoms with Crippen LogP contribution in [0.2, 0.25) is 0 Å². The average Bonchev–Trinajstić information content (AvgIpc) is 2.86. The molecule has 0 radical (unpaired) electrons. The Labute approximate surface area is 131 Å². The molecule has 1 amide bonds. The highest BCUT2D eigenvalue weighted by Crippen LogP contribution is 2.09. The van der Waals surface area contributed by atoms with Crippen LogP contribution in [0.25, 0.3) is 0 Å². The van der Waals surface area contributed by atoms with Gasteiger partial charge in [-0.3, -0.25) is 14.6 Å². The molecule has 1 saturated heterocycles. The third-order valence-electron chi connectivity index (χ3n) is 3.71. The molecular formula is C15H26N4O3. The SMILES string of the molecule is COCC(C)NC(=O)CN1CCN(Cc2cc(C)no2)CC1. The van der Waals surface area contributed by atoms with Crippen LogP contribution in [-0.4, -0.2) is 73.3 Å². The maximum absolute atomic E-state index is 11.9. The molecule has 0 spiro atoms. The standard InChI is InChI=1S/C15H26N4O3/c1-12-8-14(22-17-12)9-18-4-6-19(7-5-18)10-15(20)16-13(2)11-21-3/h8,13H,4-7,9-11H2,1-3H3,(H,16,20). The van der Waals surface area contributed by atoms with Gasteiger partial charge in [0.1, 0.15) is 0 Å². The van der Waals surface area contributed by atoms with Crippen LogP contribution in [0.3, 0.4) is 0 Å². The fourth-order valence-electron chi connectivity index (χ4n) is 2.63. The second kappa shape index (κ2) is 8.26. The topological polar surface area (TPSA) is 70.8 Å². The molecule has 1 aliphatic rings. The fraction of sp³-hybridized carbons (Fsp3) is 0.733. The largest absolute Gasteiger partial charge is 0.383 e. The van der Waals surface area contributed by atoms with Gasteiger partial charge < -0.3 is 14.6 Å². The zero-order valence-electron chi connectivity index (χ0n) is 13.7. The van der Waals surface area contributed by atoms with Crippen molar-refractivity contribution in [3.63, 3.8) is 0 Å². The van der Waals surface area contributed by atoms with E-state index in [1.54, 1.807) is 7.11 Å². The van der Waals surface area contributed by atoms with Crippen LogP contribution in [0.5, 0.6) is 0 Å². The van der Waals surface area contributed by atoms with E-state index in [1.165, 1.54) is 0 Å². The maximum Gasteiger partial charge on any atom is 0.234 e. The molecule has 1 atom stereocenters. The van der Waals surface area contributed by atoms with Crippen molar-refractivity contribution in [1.29, 1.82) is 0 Å². The summed E-state index contributed by atoms with van der Waals surface area (Å²) in [4.78, 5) is 16.4. The number of carbonyl (C=O) groups is 1. The first kappa shape index (κ1) is 16.9. The number of piperazine rings is 1. The molecule has 0 saturated carbocycles. The molecule has 2 heterocycles. The Kier molecular flexibility index (Phi) is 6.35. The van der Waals surface area contributed by atoms with Gasteiger partial charge in [0, 0.05) is 45.4 Å². The van der Waals surface area contributed by atoms with E-state index in [4.69, 9.17) is 9.26 Å². The molecule has 7 heteroatoms. The van der Waals surface area contributed by atoms with E-state index in [0.29, 0.717) is 13.2 Å². The lowest BCUT2D eigenvalue weighted by Crippen LogP contribution is -2.50. The third-order valence-corrected chi connectivity index (χ3v) is 3.71. The molecule has 1 aliphatic heterocycles. The second-order valence-corrected chi connectivity index (χ2v) is 5.91. The normalized spacial score (nSPS) is 18.3. The van der Waals surface area contributed by atoms with Gasteiger partial charge in [-0.1, -0.05) is 5.16 Å². The van der Waals surface area contributed by atoms with Crippen LogP contribution in [0.1, 0.15) is 18.4 Å². The molecule has 1 unspecified atom stereocenters. The van der Waals surface area contributed by atoms with Crippen LogP contribution in [0.15, 0.2) is 10.6 Å². The van der Waals surface area contributed by atoms with Crippen molar-refractivity contribution >= 4 is 5.91 Å². The quantitative estimate of drug-likeness (QED) is 0.778. The number of amides is 1. The molecule has 0 aliphatic carbocycles. The number of aromatic nitrogens is 1. The lowest BCUT2D eigenvalue weighted by Gasteiger charge is -2.33. The second-order valence-electron chi connectivity index (χ2n) is 5.91. The number of hydrogen-bond donors (Lipinski definition) is 1. The van der Waals surface area contributed by atoms with Crippen molar-refractivity contribution < 1.29 is 14.1 Å². The first-order valence-electron chi connectivity index (χ1n) is 7.72. The van der Waals surface area contributed by atoms with Crippen molar-refractivity contribution in [2.45, 2.75) is 26.4 Å². The predicted molar refractivity (Wildman–Crippen MR) is 82.4 cm³/mol. The van der Waals surface area contributed by atoms with Gasteiger partial charge in [0.25, 0.3) is 0 Å². The number of nitrogens with zero attached hydrogens (tertiary/aromatic N) is 3. The van der Waals surface area contributed by atoms with Gasteiger partial charge in [0.2, 0.25) is 5.91 Å². The van der Waals surface area contributed by atoms with Gasteiger partial charge in [0.05, 0.1) is 25.4 Å². The molecule has 1 aromatic rings. The van der Waals surface area contributed by atoms with Gasteiger partial charge in [-0.2, -0.15) is 0 Å². The van der Waals surface area contributed by atoms with Gasteiger partial charge in [-0.25, -0.2) is 0 Å². The van der Waals surface area contributed by atoms with Gasteiger partial charge in [-0.15, -0.1) is 0 Å². The molecule has 124 valence electrons. The van der Waals surface area contributed by atoms with E-state index < -0.39 is 0 Å². The molecule has 1 fully saturated rings. The average molecular weight is 310 g/mol. The summed E-state index contributed by atoms with van der Waals surface area (Å²) in [6.45, 7) is 9.28. The summed E-state index contributed by atoms with van der Waals surface area (Å²) in [7, 11) is 1.64. The van der Waals surface area contributed by atoms with E-state index in [9.17, 15) is 4.79 Å². The Balaban J connectivity index is 1.67. The molecule has 1 N–H and O–H groups in total. The number of nitrogens with one attached hydrogen (secondary N) is 1. The van der Waals surface area contributed by atoms with Gasteiger partial charge in [-0.05, 0) is 13.8 Å². The number of carbonyl (C=O) groups excluding carboxylic acids is 1. The Hall–Kier alpha value is -1.44. The van der Waals surface area contributed by atoms with E-state index in [1.807, 2.05) is 19.9 Å². The highest BCUT2D eigenvalue weighted by atomic mass is 16.5. The fourth-order valence-corrected chi connectivity index (χ4v) is 2.63. The Morgan fingerprint density at radius 2 is 2.09 bits per heavy atom. The molecule has 2 rings (SSSR count). The lowest BCUT2D eigenvalue weighted by atomic mass is 10.2. The summed E-state index contributed by atoms with van der Waals surface area (Å²) in [5.41, 5.74) is 0.912. The molecule has 0 aromatic carbocycles. The van der Waals surface area contributed by atoms with Gasteiger partial charge in [0.15, 0.2) is 5.76 Å². The number of hydrogen-bond acceptors (Lipinski definition) is 6. The van der Waals surface area contributed by atoms with Crippen molar-refractivity contribution in [2.75, 3.05) is 46.4 Å². The summed E-state index contributed by atoms with van der Waals surface area (Å²) in [6, 6.07) is 2.02. The molecule has 0 bridgehead atoms. The van der Waals surface area contributed by atoms with Gasteiger partial charge >= 0.3 is 0 Å². The summed E-state index contributed by atoms with van der Waals surface area (Å²) < 4.78 is 10.3. The minimum atomic E-state index is 0.0495. The van der Waals surface area contributed by atoms with Crippen molar-refractivity contribution in [1.82, 2.24) is 20.3 Å². The first-order chi connectivity index (χ1) is 10.6. The van der Waals surface area contributed by atoms with Crippen LogP contribution in [0.4, 0.5) is 0 Å². The van der Waals surface area contributed by atoms with Crippen molar-refractivity contribution in [2.24, 2.45) is 0 Å². The highest BCUT2D eigenvalue weighted by Gasteiger charge is 2.20. The number of rotatable bonds is 7. The number of ether oxygens (including phenoxy) is 1. The molecular weight excluding hydrogens is 284 g/mol. The van der Waals surface area contributed by atoms with E-state index in [2.05, 4.69) is 20.3 Å². The van der Waals surface area contributed by atoms with E-state index in [-0.39, 0.29) is 11.9 Å². The monoisotopic (exact) mass is 310 g/mol. The summed E-state index contributed by atoms with van der Waals surface area (Å²) in [6.07, 6.45) is 0. The number of methoxy groups -OCH3 is 1. The van der Waals surface area contributed by atoms with Crippen LogP contribution in [-0.2, 0) is 16.1 Å². The van der Waals surface area contributed by atoms with Crippen LogP contribution < -0.4 is 5.32 Å². The molecule has 22 heavy (non-hydrogen) atoms. The van der Waals surface area contributed by atoms with E-state index >= 15 is 0 Å². The summed E-state index contributed by atoms with van der Waals surface area (Å²) >= 11 is 0. The summed E-state index contributed by atoms with van der Waals surface area (Å²) in [5.74, 6) is 0.959. The van der Waals surface area contributed by atoms with Crippen LogP contribution >= 0.6 is 0 Å². The third kappa shape index (κ3) is 5.40. The van der Waals surface area contributed by atoms with E-state index in [0.717, 1.165) is 44.2 Å². The predicted octanol–water partition coefficient (Wildman–Crippen LogP) is 0.252.